The fourth-order valence-electron chi connectivity index (χ4n) is 3.87. The van der Waals surface area contributed by atoms with Crippen LogP contribution >= 0.6 is 0 Å². The topological polar surface area (TPSA) is 59.6 Å². The molecule has 1 aliphatic heterocycles. The van der Waals surface area contributed by atoms with Crippen molar-refractivity contribution >= 4 is 5.91 Å². The third kappa shape index (κ3) is 5.06. The monoisotopic (exact) mass is 416 g/mol. The zero-order valence-electron chi connectivity index (χ0n) is 18.0. The predicted octanol–water partition coefficient (Wildman–Crippen LogP) is 4.40. The van der Waals surface area contributed by atoms with E-state index in [2.05, 4.69) is 66.1 Å². The molecule has 0 radical (unpaired) electrons. The summed E-state index contributed by atoms with van der Waals surface area (Å²) in [6, 6.07) is 22.9. The Morgan fingerprint density at radius 3 is 2.71 bits per heavy atom. The summed E-state index contributed by atoms with van der Waals surface area (Å²) in [6.07, 6.45) is 0. The van der Waals surface area contributed by atoms with Crippen molar-refractivity contribution in [2.45, 2.75) is 26.5 Å². The molecule has 0 aliphatic carbocycles. The Kier molecular flexibility index (Phi) is 6.53. The molecule has 5 nitrogen and oxygen atoms in total. The van der Waals surface area contributed by atoms with Crippen molar-refractivity contribution < 1.29 is 14.3 Å². The van der Waals surface area contributed by atoms with Crippen LogP contribution < -0.4 is 20.1 Å². The largest absolute Gasteiger partial charge is 0.491 e. The predicted molar refractivity (Wildman–Crippen MR) is 122 cm³/mol. The van der Waals surface area contributed by atoms with Crippen LogP contribution in [0.4, 0.5) is 0 Å². The van der Waals surface area contributed by atoms with Crippen LogP contribution in [0, 0.1) is 6.92 Å². The van der Waals surface area contributed by atoms with Gasteiger partial charge >= 0.3 is 0 Å². The zero-order chi connectivity index (χ0) is 21.6. The highest BCUT2D eigenvalue weighted by Crippen LogP contribution is 2.35. The summed E-state index contributed by atoms with van der Waals surface area (Å²) < 4.78 is 12.0. The summed E-state index contributed by atoms with van der Waals surface area (Å²) in [5.41, 5.74) is 5.96. The smallest absolute Gasteiger partial charge is 0.216 e. The van der Waals surface area contributed by atoms with Gasteiger partial charge in [-0.1, -0.05) is 48.5 Å². The molecular formula is C26H28N2O3. The van der Waals surface area contributed by atoms with Gasteiger partial charge in [-0.25, -0.2) is 0 Å². The molecule has 160 valence electrons. The first-order chi connectivity index (χ1) is 15.1. The summed E-state index contributed by atoms with van der Waals surface area (Å²) in [5, 5.41) is 6.21. The van der Waals surface area contributed by atoms with E-state index in [0.29, 0.717) is 26.3 Å². The lowest BCUT2D eigenvalue weighted by atomic mass is 9.97. The molecule has 3 aromatic carbocycles. The molecule has 0 saturated heterocycles. The SMILES string of the molecule is CC(=O)NCCNC1COc2cc(OCc3cccc(-c4ccccc4)c3C)ccc21. The van der Waals surface area contributed by atoms with E-state index in [4.69, 9.17) is 9.47 Å². The van der Waals surface area contributed by atoms with Gasteiger partial charge in [0.25, 0.3) is 0 Å². The maximum atomic E-state index is 11.0. The van der Waals surface area contributed by atoms with Crippen LogP contribution in [0.2, 0.25) is 0 Å². The summed E-state index contributed by atoms with van der Waals surface area (Å²) in [4.78, 5) is 11.0. The minimum atomic E-state index is -0.0174. The summed E-state index contributed by atoms with van der Waals surface area (Å²) >= 11 is 0. The highest BCUT2D eigenvalue weighted by Gasteiger charge is 2.24. The summed E-state index contributed by atoms with van der Waals surface area (Å²) in [7, 11) is 0. The third-order valence-electron chi connectivity index (χ3n) is 5.58. The van der Waals surface area contributed by atoms with E-state index in [1.807, 2.05) is 18.2 Å². The number of carbonyl (C=O) groups excluding carboxylic acids is 1. The van der Waals surface area contributed by atoms with Gasteiger partial charge in [-0.05, 0) is 41.3 Å². The molecule has 1 heterocycles. The van der Waals surface area contributed by atoms with Crippen LogP contribution in [0.1, 0.15) is 29.7 Å². The van der Waals surface area contributed by atoms with Crippen LogP contribution in [-0.4, -0.2) is 25.6 Å². The van der Waals surface area contributed by atoms with Gasteiger partial charge in [0.05, 0.1) is 6.04 Å². The number of hydrogen-bond acceptors (Lipinski definition) is 4. The van der Waals surface area contributed by atoms with E-state index in [1.54, 1.807) is 0 Å². The molecule has 0 aromatic heterocycles. The molecule has 1 atom stereocenters. The van der Waals surface area contributed by atoms with Crippen molar-refractivity contribution in [3.05, 3.63) is 83.4 Å². The Bertz CT molecular complexity index is 1050. The molecule has 0 spiro atoms. The van der Waals surface area contributed by atoms with Gasteiger partial charge in [0.1, 0.15) is 24.7 Å². The van der Waals surface area contributed by atoms with E-state index in [0.717, 1.165) is 17.1 Å². The second-order valence-electron chi connectivity index (χ2n) is 7.74. The highest BCUT2D eigenvalue weighted by molar-refractivity contribution is 5.72. The second kappa shape index (κ2) is 9.67. The number of nitrogens with one attached hydrogen (secondary N) is 2. The lowest BCUT2D eigenvalue weighted by Crippen LogP contribution is -2.32. The van der Waals surface area contributed by atoms with Crippen molar-refractivity contribution in [1.29, 1.82) is 0 Å². The van der Waals surface area contributed by atoms with E-state index in [9.17, 15) is 4.79 Å². The van der Waals surface area contributed by atoms with Crippen molar-refractivity contribution in [3.8, 4) is 22.6 Å². The molecule has 5 heteroatoms. The summed E-state index contributed by atoms with van der Waals surface area (Å²) in [6.45, 7) is 6.05. The number of ether oxygens (including phenoxy) is 2. The van der Waals surface area contributed by atoms with Crippen LogP contribution in [0.15, 0.2) is 66.7 Å². The molecule has 31 heavy (non-hydrogen) atoms. The number of amides is 1. The first-order valence-corrected chi connectivity index (χ1v) is 10.6. The van der Waals surface area contributed by atoms with E-state index in [1.165, 1.54) is 29.2 Å². The van der Waals surface area contributed by atoms with E-state index in [-0.39, 0.29) is 11.9 Å². The molecule has 1 unspecified atom stereocenters. The maximum Gasteiger partial charge on any atom is 0.216 e. The van der Waals surface area contributed by atoms with Gasteiger partial charge < -0.3 is 20.1 Å². The van der Waals surface area contributed by atoms with Gasteiger partial charge in [-0.3, -0.25) is 4.79 Å². The van der Waals surface area contributed by atoms with Crippen molar-refractivity contribution in [3.63, 3.8) is 0 Å². The van der Waals surface area contributed by atoms with Gasteiger partial charge in [0.2, 0.25) is 5.91 Å². The van der Waals surface area contributed by atoms with Crippen molar-refractivity contribution in [2.75, 3.05) is 19.7 Å². The normalized spacial score (nSPS) is 14.6. The first kappa shape index (κ1) is 20.9. The summed E-state index contributed by atoms with van der Waals surface area (Å²) in [5.74, 6) is 1.63. The van der Waals surface area contributed by atoms with E-state index >= 15 is 0 Å². The number of benzene rings is 3. The minimum absolute atomic E-state index is 0.0174. The van der Waals surface area contributed by atoms with Gasteiger partial charge in [-0.15, -0.1) is 0 Å². The Hall–Kier alpha value is -3.31. The molecule has 1 amide bonds. The Labute approximate surface area is 183 Å². The van der Waals surface area contributed by atoms with Crippen molar-refractivity contribution in [2.24, 2.45) is 0 Å². The fraction of sp³-hybridized carbons (Fsp3) is 0.269. The molecule has 4 rings (SSSR count). The van der Waals surface area contributed by atoms with Crippen LogP contribution in [0.25, 0.3) is 11.1 Å². The maximum absolute atomic E-state index is 11.0. The van der Waals surface area contributed by atoms with Crippen LogP contribution in [0.5, 0.6) is 11.5 Å². The van der Waals surface area contributed by atoms with Gasteiger partial charge in [0, 0.05) is 31.6 Å². The van der Waals surface area contributed by atoms with Crippen LogP contribution in [0.3, 0.4) is 0 Å². The standard InChI is InChI=1S/C26H28N2O3/c1-18-21(9-6-10-23(18)20-7-4-3-5-8-20)16-30-22-11-12-24-25(17-31-26(24)15-22)28-14-13-27-19(2)29/h3-12,15,25,28H,13-14,16-17H2,1-2H3,(H,27,29). The Morgan fingerprint density at radius 1 is 1.06 bits per heavy atom. The molecule has 0 saturated carbocycles. The first-order valence-electron chi connectivity index (χ1n) is 10.6. The Morgan fingerprint density at radius 2 is 1.90 bits per heavy atom. The lowest BCUT2D eigenvalue weighted by molar-refractivity contribution is -0.118. The molecule has 0 fully saturated rings. The molecule has 2 N–H and O–H groups in total. The van der Waals surface area contributed by atoms with Gasteiger partial charge in [0.15, 0.2) is 0 Å². The zero-order valence-corrected chi connectivity index (χ0v) is 18.0. The highest BCUT2D eigenvalue weighted by atomic mass is 16.5. The Balaban J connectivity index is 1.39. The second-order valence-corrected chi connectivity index (χ2v) is 7.74. The van der Waals surface area contributed by atoms with E-state index < -0.39 is 0 Å². The fourth-order valence-corrected chi connectivity index (χ4v) is 3.87. The van der Waals surface area contributed by atoms with Crippen molar-refractivity contribution in [1.82, 2.24) is 10.6 Å². The number of carbonyl (C=O) groups is 1. The molecule has 3 aromatic rings. The van der Waals surface area contributed by atoms with Gasteiger partial charge in [-0.2, -0.15) is 0 Å². The molecule has 1 aliphatic rings. The lowest BCUT2D eigenvalue weighted by Gasteiger charge is -2.14. The number of rotatable bonds is 8. The average molecular weight is 417 g/mol. The quantitative estimate of drug-likeness (QED) is 0.535. The number of fused-ring (bicyclic) bond motifs is 1. The average Bonchev–Trinajstić information content (AvgIpc) is 3.19. The molecular weight excluding hydrogens is 388 g/mol. The number of hydrogen-bond donors (Lipinski definition) is 2. The van der Waals surface area contributed by atoms with Crippen LogP contribution in [-0.2, 0) is 11.4 Å². The molecule has 0 bridgehead atoms. The third-order valence-corrected chi connectivity index (χ3v) is 5.58. The minimum Gasteiger partial charge on any atom is -0.491 e.